The van der Waals surface area contributed by atoms with Gasteiger partial charge in [-0.05, 0) is 58.0 Å². The number of nitrogens with zero attached hydrogens (tertiary/aromatic N) is 1. The smallest absolute Gasteiger partial charge is 0.183 e. The molecule has 0 saturated heterocycles. The van der Waals surface area contributed by atoms with Crippen LogP contribution in [0.5, 0.6) is 5.75 Å². The Morgan fingerprint density at radius 2 is 1.86 bits per heavy atom. The Balaban J connectivity index is 2.07. The molecular formula is C18H24N2O2. The normalized spacial score (nSPS) is 10.8. The van der Waals surface area contributed by atoms with Crippen molar-refractivity contribution in [1.82, 2.24) is 4.57 Å². The highest BCUT2D eigenvalue weighted by Crippen LogP contribution is 2.21. The van der Waals surface area contributed by atoms with E-state index in [9.17, 15) is 4.79 Å². The van der Waals surface area contributed by atoms with Crippen LogP contribution < -0.4 is 10.1 Å². The van der Waals surface area contributed by atoms with E-state index in [0.717, 1.165) is 28.4 Å². The van der Waals surface area contributed by atoms with Crippen molar-refractivity contribution in [3.05, 3.63) is 47.3 Å². The molecule has 0 unspecified atom stereocenters. The molecule has 1 N–H and O–H groups in total. The summed E-state index contributed by atoms with van der Waals surface area (Å²) in [7, 11) is 1.64. The second-order valence-electron chi connectivity index (χ2n) is 5.75. The lowest BCUT2D eigenvalue weighted by Gasteiger charge is -2.13. The number of hydrogen-bond donors (Lipinski definition) is 1. The van der Waals surface area contributed by atoms with Gasteiger partial charge in [0.25, 0.3) is 0 Å². The monoisotopic (exact) mass is 300 g/mol. The summed E-state index contributed by atoms with van der Waals surface area (Å²) in [5.41, 5.74) is 3.87. The number of aromatic nitrogens is 1. The van der Waals surface area contributed by atoms with Gasteiger partial charge in [0, 0.05) is 28.7 Å². The maximum atomic E-state index is 12.4. The van der Waals surface area contributed by atoms with E-state index in [4.69, 9.17) is 4.74 Å². The van der Waals surface area contributed by atoms with Gasteiger partial charge in [-0.15, -0.1) is 0 Å². The fourth-order valence-corrected chi connectivity index (χ4v) is 2.84. The second-order valence-corrected chi connectivity index (χ2v) is 5.75. The molecule has 0 spiro atoms. The zero-order valence-corrected chi connectivity index (χ0v) is 13.9. The summed E-state index contributed by atoms with van der Waals surface area (Å²) >= 11 is 0. The summed E-state index contributed by atoms with van der Waals surface area (Å²) in [6, 6.07) is 9.89. The summed E-state index contributed by atoms with van der Waals surface area (Å²) < 4.78 is 7.32. The standard InChI is InChI=1S/C18H24N2O2/c1-12(2)20-13(3)10-17(14(20)4)18(21)11-19-15-6-8-16(22-5)9-7-15/h6-10,12,19H,11H2,1-5H3. The Bertz CT molecular complexity index is 654. The van der Waals surface area contributed by atoms with Crippen molar-refractivity contribution < 1.29 is 9.53 Å². The number of carbonyl (C=O) groups is 1. The number of aryl methyl sites for hydroxylation is 1. The zero-order chi connectivity index (χ0) is 16.3. The van der Waals surface area contributed by atoms with Crippen LogP contribution in [-0.2, 0) is 0 Å². The van der Waals surface area contributed by atoms with Gasteiger partial charge in [0.1, 0.15) is 5.75 Å². The zero-order valence-electron chi connectivity index (χ0n) is 13.9. The maximum Gasteiger partial charge on any atom is 0.183 e. The van der Waals surface area contributed by atoms with Crippen LogP contribution in [0.15, 0.2) is 30.3 Å². The first-order valence-electron chi connectivity index (χ1n) is 7.53. The number of anilines is 1. The number of rotatable bonds is 6. The quantitative estimate of drug-likeness (QED) is 0.820. The molecule has 0 saturated carbocycles. The molecule has 0 fully saturated rings. The van der Waals surface area contributed by atoms with Gasteiger partial charge in [-0.25, -0.2) is 0 Å². The highest BCUT2D eigenvalue weighted by atomic mass is 16.5. The van der Waals surface area contributed by atoms with E-state index in [1.54, 1.807) is 7.11 Å². The van der Waals surface area contributed by atoms with E-state index in [-0.39, 0.29) is 12.3 Å². The van der Waals surface area contributed by atoms with Gasteiger partial charge < -0.3 is 14.6 Å². The Morgan fingerprint density at radius 3 is 2.36 bits per heavy atom. The predicted molar refractivity (Wildman–Crippen MR) is 90.1 cm³/mol. The largest absolute Gasteiger partial charge is 0.497 e. The molecule has 2 aromatic rings. The molecule has 4 heteroatoms. The number of carbonyl (C=O) groups excluding carboxylic acids is 1. The van der Waals surface area contributed by atoms with Crippen molar-refractivity contribution in [2.45, 2.75) is 33.7 Å². The number of ketones is 1. The molecule has 0 radical (unpaired) electrons. The van der Waals surface area contributed by atoms with E-state index < -0.39 is 0 Å². The number of benzene rings is 1. The van der Waals surface area contributed by atoms with Gasteiger partial charge in [0.2, 0.25) is 0 Å². The van der Waals surface area contributed by atoms with E-state index >= 15 is 0 Å². The number of Topliss-reactive ketones (excluding diaryl/α,β-unsaturated/α-hetero) is 1. The van der Waals surface area contributed by atoms with Gasteiger partial charge in [-0.1, -0.05) is 0 Å². The van der Waals surface area contributed by atoms with Crippen molar-refractivity contribution >= 4 is 11.5 Å². The predicted octanol–water partition coefficient (Wildman–Crippen LogP) is 3.99. The Labute approximate surface area is 132 Å². The first-order valence-corrected chi connectivity index (χ1v) is 7.53. The third-order valence-electron chi connectivity index (χ3n) is 3.84. The molecule has 0 amide bonds. The maximum absolute atomic E-state index is 12.4. The summed E-state index contributed by atoms with van der Waals surface area (Å²) in [4.78, 5) is 12.4. The molecule has 0 aliphatic heterocycles. The molecule has 118 valence electrons. The van der Waals surface area contributed by atoms with Gasteiger partial charge >= 0.3 is 0 Å². The summed E-state index contributed by atoms with van der Waals surface area (Å²) in [6.07, 6.45) is 0. The molecule has 0 aliphatic carbocycles. The Hall–Kier alpha value is -2.23. The van der Waals surface area contributed by atoms with Crippen LogP contribution in [0.4, 0.5) is 5.69 Å². The number of nitrogens with one attached hydrogen (secondary N) is 1. The molecule has 1 aromatic carbocycles. The lowest BCUT2D eigenvalue weighted by atomic mass is 10.1. The van der Waals surface area contributed by atoms with Gasteiger partial charge in [-0.2, -0.15) is 0 Å². The van der Waals surface area contributed by atoms with Gasteiger partial charge in [-0.3, -0.25) is 4.79 Å². The average molecular weight is 300 g/mol. The third kappa shape index (κ3) is 3.32. The molecule has 0 atom stereocenters. The van der Waals surface area contributed by atoms with E-state index in [1.165, 1.54) is 0 Å². The molecule has 4 nitrogen and oxygen atoms in total. The third-order valence-corrected chi connectivity index (χ3v) is 3.84. The number of hydrogen-bond acceptors (Lipinski definition) is 3. The topological polar surface area (TPSA) is 43.3 Å². The highest BCUT2D eigenvalue weighted by Gasteiger charge is 2.16. The fraction of sp³-hybridized carbons (Fsp3) is 0.389. The molecule has 1 aromatic heterocycles. The minimum absolute atomic E-state index is 0.107. The van der Waals surface area contributed by atoms with E-state index in [2.05, 4.69) is 23.7 Å². The van der Waals surface area contributed by atoms with Crippen LogP contribution in [0, 0.1) is 13.8 Å². The van der Waals surface area contributed by atoms with Gasteiger partial charge in [0.05, 0.1) is 13.7 Å². The number of ether oxygens (including phenoxy) is 1. The van der Waals surface area contributed by atoms with Gasteiger partial charge in [0.15, 0.2) is 5.78 Å². The number of methoxy groups -OCH3 is 1. The lowest BCUT2D eigenvalue weighted by molar-refractivity contribution is 0.101. The molecule has 1 heterocycles. The van der Waals surface area contributed by atoms with Crippen LogP contribution in [-0.4, -0.2) is 24.0 Å². The fourth-order valence-electron chi connectivity index (χ4n) is 2.84. The van der Waals surface area contributed by atoms with E-state index in [1.807, 2.05) is 44.2 Å². The van der Waals surface area contributed by atoms with Crippen molar-refractivity contribution in [2.24, 2.45) is 0 Å². The summed E-state index contributed by atoms with van der Waals surface area (Å²) in [5, 5.41) is 3.17. The molecular weight excluding hydrogens is 276 g/mol. The summed E-state index contributed by atoms with van der Waals surface area (Å²) in [6.45, 7) is 8.59. The first kappa shape index (κ1) is 16.1. The van der Waals surface area contributed by atoms with Crippen LogP contribution in [0.25, 0.3) is 0 Å². The second kappa shape index (κ2) is 6.69. The van der Waals surface area contributed by atoms with E-state index in [0.29, 0.717) is 6.04 Å². The van der Waals surface area contributed by atoms with Crippen LogP contribution in [0.1, 0.15) is 41.6 Å². The molecule has 22 heavy (non-hydrogen) atoms. The first-order chi connectivity index (χ1) is 10.4. The van der Waals surface area contributed by atoms with Crippen molar-refractivity contribution in [1.29, 1.82) is 0 Å². The van der Waals surface area contributed by atoms with Crippen molar-refractivity contribution in [3.8, 4) is 5.75 Å². The minimum Gasteiger partial charge on any atom is -0.497 e. The van der Waals surface area contributed by atoms with Crippen LogP contribution >= 0.6 is 0 Å². The van der Waals surface area contributed by atoms with Crippen LogP contribution in [0.2, 0.25) is 0 Å². The van der Waals surface area contributed by atoms with Crippen molar-refractivity contribution in [2.75, 3.05) is 19.0 Å². The average Bonchev–Trinajstić information content (AvgIpc) is 2.80. The van der Waals surface area contributed by atoms with Crippen LogP contribution in [0.3, 0.4) is 0 Å². The minimum atomic E-state index is 0.107. The Morgan fingerprint density at radius 1 is 1.23 bits per heavy atom. The van der Waals surface area contributed by atoms with Crippen molar-refractivity contribution in [3.63, 3.8) is 0 Å². The highest BCUT2D eigenvalue weighted by molar-refractivity contribution is 6.00. The SMILES string of the molecule is COc1ccc(NCC(=O)c2cc(C)n(C(C)C)c2C)cc1. The summed E-state index contributed by atoms with van der Waals surface area (Å²) in [5.74, 6) is 0.910. The Kier molecular flexibility index (Phi) is 4.91. The molecule has 2 rings (SSSR count). The molecule has 0 aliphatic rings. The lowest BCUT2D eigenvalue weighted by Crippen LogP contribution is -2.15. The molecule has 0 bridgehead atoms.